The van der Waals surface area contributed by atoms with E-state index in [2.05, 4.69) is 21.2 Å². The number of hydrogen-bond acceptors (Lipinski definition) is 3. The Labute approximate surface area is 148 Å². The van der Waals surface area contributed by atoms with Crippen molar-refractivity contribution in [2.45, 2.75) is 12.5 Å². The Kier molecular flexibility index (Phi) is 4.85. The van der Waals surface area contributed by atoms with E-state index in [1.807, 2.05) is 36.4 Å². The largest absolute Gasteiger partial charge is 0.497 e. The van der Waals surface area contributed by atoms with Crippen LogP contribution < -0.4 is 15.0 Å². The van der Waals surface area contributed by atoms with Crippen LogP contribution in [-0.2, 0) is 4.79 Å². The topological polar surface area (TPSA) is 58.6 Å². The number of methoxy groups -OCH3 is 1. The standard InChI is InChI=1S/C18H17BrN2O3/c1-24-16-8-6-15(7-9-16)21-11-14(10-17(21)22)20-18(23)12-2-4-13(19)5-3-12/h2-9,14H,10-11H2,1H3,(H,20,23)/t14-/m0/s1. The highest BCUT2D eigenvalue weighted by molar-refractivity contribution is 9.10. The Balaban J connectivity index is 1.65. The highest BCUT2D eigenvalue weighted by Gasteiger charge is 2.31. The van der Waals surface area contributed by atoms with Crippen LogP contribution in [0.5, 0.6) is 5.75 Å². The van der Waals surface area contributed by atoms with Crippen LogP contribution in [0.3, 0.4) is 0 Å². The van der Waals surface area contributed by atoms with Crippen molar-refractivity contribution in [3.8, 4) is 5.75 Å². The number of hydrogen-bond donors (Lipinski definition) is 1. The predicted octanol–water partition coefficient (Wildman–Crippen LogP) is 2.99. The minimum atomic E-state index is -0.198. The van der Waals surface area contributed by atoms with Crippen molar-refractivity contribution >= 4 is 33.4 Å². The molecule has 6 heteroatoms. The summed E-state index contributed by atoms with van der Waals surface area (Å²) in [5, 5.41) is 2.93. The SMILES string of the molecule is COc1ccc(N2C[C@@H](NC(=O)c3ccc(Br)cc3)CC2=O)cc1. The van der Waals surface area contributed by atoms with Gasteiger partial charge in [0.25, 0.3) is 5.91 Å². The molecule has 0 radical (unpaired) electrons. The van der Waals surface area contributed by atoms with Crippen LogP contribution in [0.15, 0.2) is 53.0 Å². The maximum atomic E-state index is 12.3. The van der Waals surface area contributed by atoms with Gasteiger partial charge in [0, 0.05) is 28.7 Å². The summed E-state index contributed by atoms with van der Waals surface area (Å²) in [5.41, 5.74) is 1.38. The van der Waals surface area contributed by atoms with E-state index in [9.17, 15) is 9.59 Å². The molecule has 0 aliphatic carbocycles. The number of amides is 2. The fraction of sp³-hybridized carbons (Fsp3) is 0.222. The van der Waals surface area contributed by atoms with Gasteiger partial charge in [-0.3, -0.25) is 9.59 Å². The maximum absolute atomic E-state index is 12.3. The molecule has 1 atom stereocenters. The molecule has 0 aromatic heterocycles. The lowest BCUT2D eigenvalue weighted by Crippen LogP contribution is -2.37. The number of halogens is 1. The molecule has 3 rings (SSSR count). The van der Waals surface area contributed by atoms with Gasteiger partial charge in [-0.25, -0.2) is 0 Å². The lowest BCUT2D eigenvalue weighted by molar-refractivity contribution is -0.117. The van der Waals surface area contributed by atoms with Gasteiger partial charge in [0.05, 0.1) is 13.2 Å². The fourth-order valence-electron chi connectivity index (χ4n) is 2.69. The number of ether oxygens (including phenoxy) is 1. The van der Waals surface area contributed by atoms with Crippen molar-refractivity contribution in [3.63, 3.8) is 0 Å². The van der Waals surface area contributed by atoms with Gasteiger partial charge in [0.1, 0.15) is 5.75 Å². The van der Waals surface area contributed by atoms with E-state index in [1.165, 1.54) is 0 Å². The monoisotopic (exact) mass is 388 g/mol. The molecule has 0 spiro atoms. The Morgan fingerprint density at radius 3 is 2.46 bits per heavy atom. The molecule has 1 fully saturated rings. The molecule has 0 bridgehead atoms. The van der Waals surface area contributed by atoms with E-state index in [0.717, 1.165) is 15.9 Å². The van der Waals surface area contributed by atoms with Crippen molar-refractivity contribution in [3.05, 3.63) is 58.6 Å². The van der Waals surface area contributed by atoms with Gasteiger partial charge in [-0.2, -0.15) is 0 Å². The minimum Gasteiger partial charge on any atom is -0.497 e. The summed E-state index contributed by atoms with van der Waals surface area (Å²) in [6, 6.07) is 14.2. The summed E-state index contributed by atoms with van der Waals surface area (Å²) >= 11 is 3.34. The molecule has 0 saturated carbocycles. The molecule has 2 aromatic carbocycles. The molecular formula is C18H17BrN2O3. The number of anilines is 1. The molecule has 1 aliphatic rings. The quantitative estimate of drug-likeness (QED) is 0.875. The Morgan fingerprint density at radius 2 is 1.83 bits per heavy atom. The number of nitrogens with zero attached hydrogens (tertiary/aromatic N) is 1. The first-order valence-corrected chi connectivity index (χ1v) is 8.37. The zero-order valence-corrected chi connectivity index (χ0v) is 14.7. The zero-order valence-electron chi connectivity index (χ0n) is 13.2. The summed E-state index contributed by atoms with van der Waals surface area (Å²) in [7, 11) is 1.60. The van der Waals surface area contributed by atoms with Crippen LogP contribution in [0.2, 0.25) is 0 Å². The smallest absolute Gasteiger partial charge is 0.251 e. The summed E-state index contributed by atoms with van der Waals surface area (Å²) in [6.07, 6.45) is 0.300. The molecule has 1 saturated heterocycles. The Bertz CT molecular complexity index is 744. The lowest BCUT2D eigenvalue weighted by Gasteiger charge is -2.17. The van der Waals surface area contributed by atoms with E-state index in [4.69, 9.17) is 4.74 Å². The Morgan fingerprint density at radius 1 is 1.17 bits per heavy atom. The zero-order chi connectivity index (χ0) is 17.1. The minimum absolute atomic E-state index is 0.00118. The van der Waals surface area contributed by atoms with Gasteiger partial charge in [0.15, 0.2) is 0 Å². The molecule has 1 aliphatic heterocycles. The third-order valence-corrected chi connectivity index (χ3v) is 4.48. The molecule has 1 N–H and O–H groups in total. The molecule has 124 valence electrons. The molecule has 5 nitrogen and oxygen atoms in total. The Hall–Kier alpha value is -2.34. The number of carbonyl (C=O) groups is 2. The third-order valence-electron chi connectivity index (χ3n) is 3.95. The van der Waals surface area contributed by atoms with E-state index in [-0.39, 0.29) is 17.9 Å². The number of benzene rings is 2. The van der Waals surface area contributed by atoms with Gasteiger partial charge in [-0.15, -0.1) is 0 Å². The molecule has 1 heterocycles. The third kappa shape index (κ3) is 3.59. The number of carbonyl (C=O) groups excluding carboxylic acids is 2. The second kappa shape index (κ2) is 7.05. The summed E-state index contributed by atoms with van der Waals surface area (Å²) < 4.78 is 6.04. The number of nitrogens with one attached hydrogen (secondary N) is 1. The summed E-state index contributed by atoms with van der Waals surface area (Å²) in [5.74, 6) is 0.573. The van der Waals surface area contributed by atoms with Crippen LogP contribution in [0.1, 0.15) is 16.8 Å². The highest BCUT2D eigenvalue weighted by atomic mass is 79.9. The predicted molar refractivity (Wildman–Crippen MR) is 95.4 cm³/mol. The van der Waals surface area contributed by atoms with Gasteiger partial charge in [-0.05, 0) is 48.5 Å². The van der Waals surface area contributed by atoms with Crippen molar-refractivity contribution in [2.24, 2.45) is 0 Å². The van der Waals surface area contributed by atoms with Gasteiger partial charge in [0.2, 0.25) is 5.91 Å². The molecule has 0 unspecified atom stereocenters. The van der Waals surface area contributed by atoms with Crippen LogP contribution in [0.4, 0.5) is 5.69 Å². The first-order chi connectivity index (χ1) is 11.6. The average molecular weight is 389 g/mol. The summed E-state index contributed by atoms with van der Waals surface area (Å²) in [6.45, 7) is 0.466. The number of rotatable bonds is 4. The van der Waals surface area contributed by atoms with Crippen molar-refractivity contribution in [1.29, 1.82) is 0 Å². The second-order valence-electron chi connectivity index (χ2n) is 5.58. The van der Waals surface area contributed by atoms with E-state index < -0.39 is 0 Å². The lowest BCUT2D eigenvalue weighted by atomic mass is 10.2. The summed E-state index contributed by atoms with van der Waals surface area (Å²) in [4.78, 5) is 26.2. The van der Waals surface area contributed by atoms with Crippen LogP contribution in [0, 0.1) is 0 Å². The normalized spacial score (nSPS) is 17.0. The first kappa shape index (κ1) is 16.5. The van der Waals surface area contributed by atoms with Crippen molar-refractivity contribution < 1.29 is 14.3 Å². The van der Waals surface area contributed by atoms with Gasteiger partial charge in [-0.1, -0.05) is 15.9 Å². The van der Waals surface area contributed by atoms with Gasteiger partial charge >= 0.3 is 0 Å². The van der Waals surface area contributed by atoms with Crippen molar-refractivity contribution in [1.82, 2.24) is 5.32 Å². The van der Waals surface area contributed by atoms with E-state index in [1.54, 1.807) is 24.1 Å². The molecule has 2 amide bonds. The van der Waals surface area contributed by atoms with E-state index in [0.29, 0.717) is 18.5 Å². The molecule has 24 heavy (non-hydrogen) atoms. The highest BCUT2D eigenvalue weighted by Crippen LogP contribution is 2.24. The maximum Gasteiger partial charge on any atom is 0.251 e. The first-order valence-electron chi connectivity index (χ1n) is 7.57. The van der Waals surface area contributed by atoms with E-state index >= 15 is 0 Å². The van der Waals surface area contributed by atoms with Crippen LogP contribution in [-0.4, -0.2) is 31.5 Å². The second-order valence-corrected chi connectivity index (χ2v) is 6.50. The average Bonchev–Trinajstić information content (AvgIpc) is 2.95. The molecular weight excluding hydrogens is 372 g/mol. The van der Waals surface area contributed by atoms with Crippen molar-refractivity contribution in [2.75, 3.05) is 18.6 Å². The fourth-order valence-corrected chi connectivity index (χ4v) is 2.95. The van der Waals surface area contributed by atoms with Gasteiger partial charge < -0.3 is 15.0 Å². The van der Waals surface area contributed by atoms with Crippen LogP contribution in [0.25, 0.3) is 0 Å². The van der Waals surface area contributed by atoms with Crippen LogP contribution >= 0.6 is 15.9 Å². The molecule has 2 aromatic rings.